The lowest BCUT2D eigenvalue weighted by atomic mass is 10.1. The molecular formula is C23H17ClO3. The number of ketones is 1. The van der Waals surface area contributed by atoms with E-state index in [4.69, 9.17) is 21.1 Å². The number of Topliss-reactive ketones (excluding diaryl/α,β-unsaturated/α-hetero) is 1. The minimum atomic E-state index is -0.113. The average molecular weight is 377 g/mol. The number of carbonyl (C=O) groups excluding carboxylic acids is 1. The first kappa shape index (κ1) is 17.4. The number of fused-ring (bicyclic) bond motifs is 1. The average Bonchev–Trinajstić information content (AvgIpc) is 2.98. The van der Waals surface area contributed by atoms with E-state index in [2.05, 4.69) is 0 Å². The first-order chi connectivity index (χ1) is 13.1. The van der Waals surface area contributed by atoms with Gasteiger partial charge in [-0.3, -0.25) is 4.79 Å². The van der Waals surface area contributed by atoms with Crippen LogP contribution in [0, 0.1) is 6.92 Å². The lowest BCUT2D eigenvalue weighted by Gasteiger charge is -2.07. The van der Waals surface area contributed by atoms with Gasteiger partial charge >= 0.3 is 0 Å². The summed E-state index contributed by atoms with van der Waals surface area (Å²) in [5.41, 5.74) is 3.61. The summed E-state index contributed by atoms with van der Waals surface area (Å²) in [7, 11) is 0. The van der Waals surface area contributed by atoms with Crippen molar-refractivity contribution in [3.63, 3.8) is 0 Å². The van der Waals surface area contributed by atoms with E-state index >= 15 is 0 Å². The second kappa shape index (κ2) is 7.29. The van der Waals surface area contributed by atoms with Crippen LogP contribution in [0.5, 0.6) is 11.5 Å². The van der Waals surface area contributed by atoms with Crippen molar-refractivity contribution in [3.05, 3.63) is 99.8 Å². The molecule has 0 fully saturated rings. The Bertz CT molecular complexity index is 1040. The maximum atomic E-state index is 12.6. The van der Waals surface area contributed by atoms with Crippen molar-refractivity contribution in [2.24, 2.45) is 0 Å². The fourth-order valence-corrected chi connectivity index (χ4v) is 3.02. The topological polar surface area (TPSA) is 35.5 Å². The van der Waals surface area contributed by atoms with E-state index in [0.717, 1.165) is 16.7 Å². The van der Waals surface area contributed by atoms with Crippen LogP contribution < -0.4 is 9.47 Å². The summed E-state index contributed by atoms with van der Waals surface area (Å²) in [6, 6.07) is 20.6. The molecule has 3 nitrogen and oxygen atoms in total. The van der Waals surface area contributed by atoms with E-state index in [-0.39, 0.29) is 5.78 Å². The zero-order valence-corrected chi connectivity index (χ0v) is 15.5. The Labute approximate surface area is 162 Å². The molecule has 134 valence electrons. The second-order valence-corrected chi connectivity index (χ2v) is 6.81. The fourth-order valence-electron chi connectivity index (χ4n) is 2.89. The van der Waals surface area contributed by atoms with Gasteiger partial charge in [-0.2, -0.15) is 0 Å². The summed E-state index contributed by atoms with van der Waals surface area (Å²) >= 11 is 5.89. The molecule has 27 heavy (non-hydrogen) atoms. The molecule has 3 aromatic rings. The minimum absolute atomic E-state index is 0.113. The monoisotopic (exact) mass is 376 g/mol. The van der Waals surface area contributed by atoms with Gasteiger partial charge in [-0.05, 0) is 54.0 Å². The van der Waals surface area contributed by atoms with E-state index in [1.165, 1.54) is 0 Å². The quantitative estimate of drug-likeness (QED) is 0.536. The number of benzene rings is 3. The van der Waals surface area contributed by atoms with Gasteiger partial charge in [0.15, 0.2) is 5.76 Å². The van der Waals surface area contributed by atoms with Gasteiger partial charge in [0.05, 0.1) is 5.56 Å². The summed E-state index contributed by atoms with van der Waals surface area (Å²) in [4.78, 5) is 12.6. The van der Waals surface area contributed by atoms with Gasteiger partial charge in [-0.15, -0.1) is 0 Å². The maximum Gasteiger partial charge on any atom is 0.231 e. The van der Waals surface area contributed by atoms with Gasteiger partial charge in [0.1, 0.15) is 18.1 Å². The van der Waals surface area contributed by atoms with Crippen LogP contribution in [0.1, 0.15) is 27.0 Å². The number of aryl methyl sites for hydroxylation is 1. The molecule has 4 heteroatoms. The number of carbonyl (C=O) groups is 1. The predicted molar refractivity (Wildman–Crippen MR) is 106 cm³/mol. The van der Waals surface area contributed by atoms with Crippen molar-refractivity contribution in [2.75, 3.05) is 0 Å². The van der Waals surface area contributed by atoms with Crippen LogP contribution in [0.3, 0.4) is 0 Å². The third kappa shape index (κ3) is 3.74. The number of rotatable bonds is 4. The molecule has 0 aliphatic carbocycles. The van der Waals surface area contributed by atoms with E-state index in [9.17, 15) is 4.79 Å². The Morgan fingerprint density at radius 2 is 1.81 bits per heavy atom. The Morgan fingerprint density at radius 1 is 1.04 bits per heavy atom. The van der Waals surface area contributed by atoms with Crippen LogP contribution in [0.4, 0.5) is 0 Å². The maximum absolute atomic E-state index is 12.6. The third-order valence-corrected chi connectivity index (χ3v) is 4.69. The van der Waals surface area contributed by atoms with Gasteiger partial charge in [-0.25, -0.2) is 0 Å². The van der Waals surface area contributed by atoms with Gasteiger partial charge < -0.3 is 9.47 Å². The zero-order valence-electron chi connectivity index (χ0n) is 14.7. The highest BCUT2D eigenvalue weighted by molar-refractivity contribution is 6.30. The van der Waals surface area contributed by atoms with E-state index in [1.807, 2.05) is 55.5 Å². The van der Waals surface area contributed by atoms with Crippen LogP contribution >= 0.6 is 11.6 Å². The van der Waals surface area contributed by atoms with Gasteiger partial charge in [0.2, 0.25) is 5.78 Å². The number of hydrogen-bond acceptors (Lipinski definition) is 3. The first-order valence-electron chi connectivity index (χ1n) is 8.61. The molecule has 0 saturated heterocycles. The van der Waals surface area contributed by atoms with Crippen LogP contribution in [-0.2, 0) is 6.61 Å². The highest BCUT2D eigenvalue weighted by Gasteiger charge is 2.27. The van der Waals surface area contributed by atoms with Crippen molar-refractivity contribution in [3.8, 4) is 11.5 Å². The lowest BCUT2D eigenvalue weighted by Crippen LogP contribution is -1.98. The number of ether oxygens (including phenoxy) is 2. The predicted octanol–water partition coefficient (Wildman–Crippen LogP) is 5.84. The second-order valence-electron chi connectivity index (χ2n) is 6.37. The summed E-state index contributed by atoms with van der Waals surface area (Å²) in [5, 5.41) is 0.691. The van der Waals surface area contributed by atoms with Crippen LogP contribution in [0.25, 0.3) is 6.08 Å². The Hall–Kier alpha value is -3.04. The standard InChI is InChI=1S/C23H17ClO3/c1-15-4-2-3-5-17(15)12-22-23(25)20-11-10-19(13-21(20)27-22)26-14-16-6-8-18(24)9-7-16/h2-13H,14H2,1H3/b22-12-. The van der Waals surface area contributed by atoms with Crippen LogP contribution in [0.2, 0.25) is 5.02 Å². The summed E-state index contributed by atoms with van der Waals surface area (Å²) in [6.07, 6.45) is 1.78. The summed E-state index contributed by atoms with van der Waals surface area (Å²) in [6.45, 7) is 2.41. The van der Waals surface area contributed by atoms with Crippen LogP contribution in [-0.4, -0.2) is 5.78 Å². The van der Waals surface area contributed by atoms with E-state index in [1.54, 1.807) is 24.3 Å². The fraction of sp³-hybridized carbons (Fsp3) is 0.0870. The number of halogens is 1. The largest absolute Gasteiger partial charge is 0.489 e. The highest BCUT2D eigenvalue weighted by Crippen LogP contribution is 2.35. The van der Waals surface area contributed by atoms with Crippen molar-refractivity contribution in [2.45, 2.75) is 13.5 Å². The molecule has 0 spiro atoms. The molecule has 3 aromatic carbocycles. The minimum Gasteiger partial charge on any atom is -0.489 e. The molecule has 0 bridgehead atoms. The molecule has 0 atom stereocenters. The molecule has 1 aliphatic rings. The van der Waals surface area contributed by atoms with Crippen molar-refractivity contribution in [1.82, 2.24) is 0 Å². The van der Waals surface area contributed by atoms with Gasteiger partial charge in [0.25, 0.3) is 0 Å². The Kier molecular flexibility index (Phi) is 4.69. The molecule has 0 aromatic heterocycles. The summed E-state index contributed by atoms with van der Waals surface area (Å²) < 4.78 is 11.6. The number of allylic oxidation sites excluding steroid dienone is 1. The van der Waals surface area contributed by atoms with E-state index < -0.39 is 0 Å². The molecule has 0 saturated carbocycles. The first-order valence-corrected chi connectivity index (χ1v) is 8.99. The molecule has 4 rings (SSSR count). The summed E-state index contributed by atoms with van der Waals surface area (Å²) in [5.74, 6) is 1.38. The lowest BCUT2D eigenvalue weighted by molar-refractivity contribution is 0.101. The van der Waals surface area contributed by atoms with Gasteiger partial charge in [0, 0.05) is 11.1 Å². The van der Waals surface area contributed by atoms with Gasteiger partial charge in [-0.1, -0.05) is 48.0 Å². The molecule has 0 amide bonds. The van der Waals surface area contributed by atoms with Crippen molar-refractivity contribution in [1.29, 1.82) is 0 Å². The van der Waals surface area contributed by atoms with E-state index in [0.29, 0.717) is 34.5 Å². The van der Waals surface area contributed by atoms with Crippen LogP contribution in [0.15, 0.2) is 72.5 Å². The molecule has 0 unspecified atom stereocenters. The van der Waals surface area contributed by atoms with Crippen molar-refractivity contribution >= 4 is 23.5 Å². The third-order valence-electron chi connectivity index (χ3n) is 4.44. The van der Waals surface area contributed by atoms with Crippen molar-refractivity contribution < 1.29 is 14.3 Å². The normalized spacial score (nSPS) is 14.1. The SMILES string of the molecule is Cc1ccccc1/C=C1\Oc2cc(OCc3ccc(Cl)cc3)ccc2C1=O. The molecule has 0 radical (unpaired) electrons. The molecule has 1 aliphatic heterocycles. The number of hydrogen-bond donors (Lipinski definition) is 0. The smallest absolute Gasteiger partial charge is 0.231 e. The molecule has 1 heterocycles. The zero-order chi connectivity index (χ0) is 18.8. The Balaban J connectivity index is 1.52. The Morgan fingerprint density at radius 3 is 2.59 bits per heavy atom. The molecule has 0 N–H and O–H groups in total. The molecular weight excluding hydrogens is 360 g/mol. The highest BCUT2D eigenvalue weighted by atomic mass is 35.5.